The number of hydrogen-bond donors (Lipinski definition) is 1. The number of hydrogen-bond acceptors (Lipinski definition) is 1. The Kier molecular flexibility index (Phi) is 4.37. The van der Waals surface area contributed by atoms with E-state index in [0.29, 0.717) is 0 Å². The first-order valence-corrected chi connectivity index (χ1v) is 5.23. The van der Waals surface area contributed by atoms with Crippen molar-refractivity contribution >= 4 is 0 Å². The molecule has 0 bridgehead atoms. The number of rotatable bonds is 6. The molecule has 70 valence electrons. The monoisotopic (exact) mass is 167 g/mol. The zero-order valence-electron chi connectivity index (χ0n) is 8.34. The molecule has 0 amide bonds. The quantitative estimate of drug-likeness (QED) is 0.474. The van der Waals surface area contributed by atoms with Gasteiger partial charge in [0.25, 0.3) is 0 Å². The molecule has 1 nitrogen and oxygen atoms in total. The summed E-state index contributed by atoms with van der Waals surface area (Å²) in [6, 6.07) is 0.863. The summed E-state index contributed by atoms with van der Waals surface area (Å²) < 4.78 is 0. The molecule has 12 heavy (non-hydrogen) atoms. The summed E-state index contributed by atoms with van der Waals surface area (Å²) in [4.78, 5) is 0. The van der Waals surface area contributed by atoms with E-state index >= 15 is 0 Å². The van der Waals surface area contributed by atoms with Crippen molar-refractivity contribution in [3.05, 3.63) is 12.2 Å². The highest BCUT2D eigenvalue weighted by molar-refractivity contribution is 4.88. The Hall–Kier alpha value is -0.300. The normalized spacial score (nSPS) is 20.2. The van der Waals surface area contributed by atoms with Gasteiger partial charge in [-0.15, -0.1) is 0 Å². The van der Waals surface area contributed by atoms with Gasteiger partial charge in [-0.2, -0.15) is 0 Å². The van der Waals surface area contributed by atoms with Gasteiger partial charge in [0.15, 0.2) is 0 Å². The van der Waals surface area contributed by atoms with E-state index in [0.717, 1.165) is 18.5 Å². The van der Waals surface area contributed by atoms with E-state index in [1.807, 2.05) is 0 Å². The van der Waals surface area contributed by atoms with E-state index in [4.69, 9.17) is 0 Å². The molecule has 1 rings (SSSR count). The van der Waals surface area contributed by atoms with Crippen LogP contribution in [0.4, 0.5) is 0 Å². The standard InChI is InChI=1S/C11H21N/c1-3-10(2)6-4-5-9-12-11-7-8-11/h4,6,10-12H,3,5,7-9H2,1-2H3/b6-4+. The van der Waals surface area contributed by atoms with Crippen LogP contribution in [0.1, 0.15) is 39.5 Å². The molecule has 1 unspecified atom stereocenters. The van der Waals surface area contributed by atoms with Crippen LogP contribution < -0.4 is 5.32 Å². The zero-order chi connectivity index (χ0) is 8.81. The molecule has 1 heteroatoms. The van der Waals surface area contributed by atoms with Gasteiger partial charge in [-0.3, -0.25) is 0 Å². The maximum absolute atomic E-state index is 3.50. The average Bonchev–Trinajstić information content (AvgIpc) is 2.87. The zero-order valence-corrected chi connectivity index (χ0v) is 8.34. The molecule has 1 atom stereocenters. The summed E-state index contributed by atoms with van der Waals surface area (Å²) in [6.45, 7) is 5.67. The summed E-state index contributed by atoms with van der Waals surface area (Å²) in [5, 5.41) is 3.50. The van der Waals surface area contributed by atoms with Crippen molar-refractivity contribution in [3.63, 3.8) is 0 Å². The molecule has 0 aliphatic heterocycles. The van der Waals surface area contributed by atoms with Gasteiger partial charge in [0.05, 0.1) is 0 Å². The Morgan fingerprint density at radius 1 is 1.50 bits per heavy atom. The minimum Gasteiger partial charge on any atom is -0.314 e. The van der Waals surface area contributed by atoms with Gasteiger partial charge in [0.1, 0.15) is 0 Å². The maximum Gasteiger partial charge on any atom is 0.00683 e. The predicted octanol–water partition coefficient (Wildman–Crippen LogP) is 2.73. The maximum atomic E-state index is 3.50. The molecule has 0 radical (unpaired) electrons. The fourth-order valence-corrected chi connectivity index (χ4v) is 1.12. The minimum atomic E-state index is 0.755. The third-order valence-corrected chi connectivity index (χ3v) is 2.43. The third-order valence-electron chi connectivity index (χ3n) is 2.43. The number of nitrogens with one attached hydrogen (secondary N) is 1. The SMILES string of the molecule is CCC(C)/C=C/CCNC1CC1. The molecule has 1 aliphatic carbocycles. The Balaban J connectivity index is 1.89. The smallest absolute Gasteiger partial charge is 0.00683 e. The van der Waals surface area contributed by atoms with Crippen molar-refractivity contribution < 1.29 is 0 Å². The molecular formula is C11H21N. The lowest BCUT2D eigenvalue weighted by Gasteiger charge is -2.00. The van der Waals surface area contributed by atoms with Gasteiger partial charge in [0, 0.05) is 6.04 Å². The lowest BCUT2D eigenvalue weighted by Crippen LogP contribution is -2.16. The van der Waals surface area contributed by atoms with E-state index < -0.39 is 0 Å². The van der Waals surface area contributed by atoms with Crippen molar-refractivity contribution in [3.8, 4) is 0 Å². The van der Waals surface area contributed by atoms with Gasteiger partial charge < -0.3 is 5.32 Å². The summed E-state index contributed by atoms with van der Waals surface area (Å²) in [5.74, 6) is 0.755. The Morgan fingerprint density at radius 3 is 2.83 bits per heavy atom. The van der Waals surface area contributed by atoms with Crippen molar-refractivity contribution in [1.82, 2.24) is 5.32 Å². The van der Waals surface area contributed by atoms with Crippen LogP contribution in [0.3, 0.4) is 0 Å². The van der Waals surface area contributed by atoms with Crippen molar-refractivity contribution in [2.24, 2.45) is 5.92 Å². The Labute approximate surface area is 76.2 Å². The molecule has 0 aromatic rings. The highest BCUT2D eigenvalue weighted by Crippen LogP contribution is 2.18. The fourth-order valence-electron chi connectivity index (χ4n) is 1.12. The summed E-state index contributed by atoms with van der Waals surface area (Å²) in [7, 11) is 0. The molecule has 0 heterocycles. The summed E-state index contributed by atoms with van der Waals surface area (Å²) in [5.41, 5.74) is 0. The van der Waals surface area contributed by atoms with E-state index in [1.54, 1.807) is 0 Å². The third kappa shape index (κ3) is 4.55. The lowest BCUT2D eigenvalue weighted by molar-refractivity contribution is 0.674. The highest BCUT2D eigenvalue weighted by Gasteiger charge is 2.19. The second kappa shape index (κ2) is 5.36. The van der Waals surface area contributed by atoms with Crippen LogP contribution in [-0.4, -0.2) is 12.6 Å². The summed E-state index contributed by atoms with van der Waals surface area (Å²) >= 11 is 0. The number of allylic oxidation sites excluding steroid dienone is 1. The largest absolute Gasteiger partial charge is 0.314 e. The molecular weight excluding hydrogens is 146 g/mol. The molecule has 0 aromatic heterocycles. The average molecular weight is 167 g/mol. The van der Waals surface area contributed by atoms with Crippen LogP contribution >= 0.6 is 0 Å². The second-order valence-electron chi connectivity index (χ2n) is 3.83. The van der Waals surface area contributed by atoms with E-state index in [1.165, 1.54) is 25.7 Å². The first-order valence-electron chi connectivity index (χ1n) is 5.23. The lowest BCUT2D eigenvalue weighted by atomic mass is 10.1. The van der Waals surface area contributed by atoms with Crippen LogP contribution in [0.25, 0.3) is 0 Å². The first-order chi connectivity index (χ1) is 5.83. The molecule has 1 fully saturated rings. The van der Waals surface area contributed by atoms with Gasteiger partial charge in [-0.25, -0.2) is 0 Å². The van der Waals surface area contributed by atoms with Gasteiger partial charge in [0.2, 0.25) is 0 Å². The van der Waals surface area contributed by atoms with E-state index in [2.05, 4.69) is 31.3 Å². The predicted molar refractivity (Wildman–Crippen MR) is 54.2 cm³/mol. The van der Waals surface area contributed by atoms with Gasteiger partial charge in [-0.1, -0.05) is 32.4 Å². The van der Waals surface area contributed by atoms with E-state index in [-0.39, 0.29) is 0 Å². The van der Waals surface area contributed by atoms with Gasteiger partial charge >= 0.3 is 0 Å². The molecule has 1 saturated carbocycles. The molecule has 1 aliphatic rings. The van der Waals surface area contributed by atoms with Crippen LogP contribution in [0.5, 0.6) is 0 Å². The fraction of sp³-hybridized carbons (Fsp3) is 0.818. The van der Waals surface area contributed by atoms with Crippen LogP contribution in [-0.2, 0) is 0 Å². The Morgan fingerprint density at radius 2 is 2.25 bits per heavy atom. The minimum absolute atomic E-state index is 0.755. The molecule has 0 spiro atoms. The summed E-state index contributed by atoms with van der Waals surface area (Å²) in [6.07, 6.45) is 9.88. The molecule has 1 N–H and O–H groups in total. The van der Waals surface area contributed by atoms with Crippen LogP contribution in [0.15, 0.2) is 12.2 Å². The van der Waals surface area contributed by atoms with E-state index in [9.17, 15) is 0 Å². The van der Waals surface area contributed by atoms with Crippen molar-refractivity contribution in [2.45, 2.75) is 45.6 Å². The molecule has 0 aromatic carbocycles. The molecule has 0 saturated heterocycles. The topological polar surface area (TPSA) is 12.0 Å². The highest BCUT2D eigenvalue weighted by atomic mass is 14.9. The van der Waals surface area contributed by atoms with Crippen molar-refractivity contribution in [1.29, 1.82) is 0 Å². The second-order valence-corrected chi connectivity index (χ2v) is 3.83. The van der Waals surface area contributed by atoms with Crippen molar-refractivity contribution in [2.75, 3.05) is 6.54 Å². The van der Waals surface area contributed by atoms with Crippen LogP contribution in [0.2, 0.25) is 0 Å². The van der Waals surface area contributed by atoms with Gasteiger partial charge in [-0.05, 0) is 31.7 Å². The van der Waals surface area contributed by atoms with Crippen LogP contribution in [0, 0.1) is 5.92 Å². The first kappa shape index (κ1) is 9.79. The Bertz CT molecular complexity index is 136.